The predicted molar refractivity (Wildman–Crippen MR) is 69.7 cm³/mol. The van der Waals surface area contributed by atoms with Crippen LogP contribution in [-0.4, -0.2) is 34.3 Å². The third-order valence-corrected chi connectivity index (χ3v) is 2.51. The summed E-state index contributed by atoms with van der Waals surface area (Å²) >= 11 is 4.99. The largest absolute Gasteiger partial charge is 0.395 e. The molecule has 1 rings (SSSR count). The summed E-state index contributed by atoms with van der Waals surface area (Å²) < 4.78 is 0. The molecule has 5 heteroatoms. The minimum atomic E-state index is 0.0749. The van der Waals surface area contributed by atoms with E-state index in [1.54, 1.807) is 12.3 Å². The van der Waals surface area contributed by atoms with Crippen molar-refractivity contribution in [1.82, 2.24) is 4.98 Å². The predicted octanol–water partition coefficient (Wildman–Crippen LogP) is 0.923. The van der Waals surface area contributed by atoms with Crippen LogP contribution in [0.1, 0.15) is 19.4 Å². The van der Waals surface area contributed by atoms with E-state index in [0.717, 1.165) is 11.4 Å². The second-order valence-corrected chi connectivity index (χ2v) is 4.19. The average molecular weight is 239 g/mol. The van der Waals surface area contributed by atoms with E-state index in [0.29, 0.717) is 11.5 Å². The number of hydrogen-bond donors (Lipinski definition) is 2. The Morgan fingerprint density at radius 3 is 2.81 bits per heavy atom. The highest BCUT2D eigenvalue weighted by Crippen LogP contribution is 2.19. The summed E-state index contributed by atoms with van der Waals surface area (Å²) in [6.07, 6.45) is 1.70. The van der Waals surface area contributed by atoms with Gasteiger partial charge >= 0.3 is 0 Å². The highest BCUT2D eigenvalue weighted by Gasteiger charge is 2.16. The molecule has 4 nitrogen and oxygen atoms in total. The fourth-order valence-electron chi connectivity index (χ4n) is 1.53. The number of rotatable bonds is 5. The highest BCUT2D eigenvalue weighted by atomic mass is 32.1. The van der Waals surface area contributed by atoms with Gasteiger partial charge in [0, 0.05) is 18.8 Å². The highest BCUT2D eigenvalue weighted by molar-refractivity contribution is 7.80. The van der Waals surface area contributed by atoms with Gasteiger partial charge in [0.15, 0.2) is 0 Å². The SMILES string of the molecule is CC(C)N(CCO)c1ncccc1C(N)=S. The second-order valence-electron chi connectivity index (χ2n) is 3.75. The molecule has 0 radical (unpaired) electrons. The standard InChI is InChI=1S/C11H17N3OS/c1-8(2)14(6-7-15)11-9(10(12)16)4-3-5-13-11/h3-5,8,15H,6-7H2,1-2H3,(H2,12,16). The molecule has 3 N–H and O–H groups in total. The first-order valence-electron chi connectivity index (χ1n) is 5.20. The number of aliphatic hydroxyl groups excluding tert-OH is 1. The third-order valence-electron chi connectivity index (χ3n) is 2.29. The Morgan fingerprint density at radius 2 is 2.31 bits per heavy atom. The number of aliphatic hydroxyl groups is 1. The van der Waals surface area contributed by atoms with Crippen LogP contribution in [0.25, 0.3) is 0 Å². The number of thiocarbonyl (C=S) groups is 1. The van der Waals surface area contributed by atoms with Crippen molar-refractivity contribution in [3.05, 3.63) is 23.9 Å². The van der Waals surface area contributed by atoms with Crippen LogP contribution < -0.4 is 10.6 Å². The van der Waals surface area contributed by atoms with E-state index in [-0.39, 0.29) is 12.6 Å². The van der Waals surface area contributed by atoms with Gasteiger partial charge in [0.1, 0.15) is 10.8 Å². The molecule has 0 saturated carbocycles. The molecule has 0 saturated heterocycles. The molecule has 1 aromatic rings. The summed E-state index contributed by atoms with van der Waals surface area (Å²) in [6, 6.07) is 3.88. The third kappa shape index (κ3) is 2.90. The van der Waals surface area contributed by atoms with Crippen molar-refractivity contribution in [2.45, 2.75) is 19.9 Å². The maximum atomic E-state index is 9.04. The van der Waals surface area contributed by atoms with Crippen molar-refractivity contribution >= 4 is 23.0 Å². The maximum Gasteiger partial charge on any atom is 0.139 e. The Bertz CT molecular complexity index is 368. The van der Waals surface area contributed by atoms with Crippen LogP contribution in [0, 0.1) is 0 Å². The van der Waals surface area contributed by atoms with Crippen molar-refractivity contribution in [1.29, 1.82) is 0 Å². The first-order chi connectivity index (χ1) is 7.57. The normalized spacial score (nSPS) is 10.5. The molecule has 0 fully saturated rings. The van der Waals surface area contributed by atoms with Crippen molar-refractivity contribution in [2.75, 3.05) is 18.1 Å². The maximum absolute atomic E-state index is 9.04. The van der Waals surface area contributed by atoms with Crippen molar-refractivity contribution < 1.29 is 5.11 Å². The summed E-state index contributed by atoms with van der Waals surface area (Å²) in [7, 11) is 0. The Kier molecular flexibility index (Phi) is 4.64. The fraction of sp³-hybridized carbons (Fsp3) is 0.455. The number of nitrogens with zero attached hydrogens (tertiary/aromatic N) is 2. The fourth-order valence-corrected chi connectivity index (χ4v) is 1.69. The van der Waals surface area contributed by atoms with Crippen molar-refractivity contribution in [3.8, 4) is 0 Å². The van der Waals surface area contributed by atoms with Crippen molar-refractivity contribution in [3.63, 3.8) is 0 Å². The Labute approximate surface area is 101 Å². The molecule has 0 aliphatic heterocycles. The van der Waals surface area contributed by atoms with Gasteiger partial charge in [0.25, 0.3) is 0 Å². The van der Waals surface area contributed by atoms with E-state index < -0.39 is 0 Å². The van der Waals surface area contributed by atoms with Crippen LogP contribution in [0.5, 0.6) is 0 Å². The Morgan fingerprint density at radius 1 is 1.62 bits per heavy atom. The molecular weight excluding hydrogens is 222 g/mol. The number of aromatic nitrogens is 1. The number of anilines is 1. The second kappa shape index (κ2) is 5.77. The van der Waals surface area contributed by atoms with E-state index in [1.165, 1.54) is 0 Å². The summed E-state index contributed by atoms with van der Waals surface area (Å²) in [5, 5.41) is 9.04. The van der Waals surface area contributed by atoms with Gasteiger partial charge in [-0.25, -0.2) is 4.98 Å². The summed E-state index contributed by atoms with van der Waals surface area (Å²) in [5.74, 6) is 0.735. The van der Waals surface area contributed by atoms with E-state index >= 15 is 0 Å². The lowest BCUT2D eigenvalue weighted by molar-refractivity contribution is 0.298. The van der Waals surface area contributed by atoms with Gasteiger partial charge in [-0.3, -0.25) is 0 Å². The molecule has 1 heterocycles. The molecule has 88 valence electrons. The summed E-state index contributed by atoms with van der Waals surface area (Å²) in [5.41, 5.74) is 6.40. The Hall–Kier alpha value is -1.20. The number of pyridine rings is 1. The number of nitrogens with two attached hydrogens (primary N) is 1. The van der Waals surface area contributed by atoms with Crippen LogP contribution in [0.2, 0.25) is 0 Å². The zero-order valence-corrected chi connectivity index (χ0v) is 10.4. The Balaban J connectivity index is 3.12. The first-order valence-corrected chi connectivity index (χ1v) is 5.61. The minimum Gasteiger partial charge on any atom is -0.395 e. The van der Waals surface area contributed by atoms with Gasteiger partial charge in [-0.2, -0.15) is 0 Å². The van der Waals surface area contributed by atoms with Crippen LogP contribution in [-0.2, 0) is 0 Å². The van der Waals surface area contributed by atoms with Gasteiger partial charge in [-0.1, -0.05) is 12.2 Å². The lowest BCUT2D eigenvalue weighted by atomic mass is 10.2. The lowest BCUT2D eigenvalue weighted by Crippen LogP contribution is -2.35. The van der Waals surface area contributed by atoms with E-state index in [9.17, 15) is 0 Å². The van der Waals surface area contributed by atoms with E-state index in [2.05, 4.69) is 4.98 Å². The van der Waals surface area contributed by atoms with E-state index in [1.807, 2.05) is 24.8 Å². The van der Waals surface area contributed by atoms with Crippen LogP contribution in [0.3, 0.4) is 0 Å². The molecule has 0 bridgehead atoms. The smallest absolute Gasteiger partial charge is 0.139 e. The molecular formula is C11H17N3OS. The molecule has 0 aliphatic rings. The van der Waals surface area contributed by atoms with E-state index in [4.69, 9.17) is 23.1 Å². The van der Waals surface area contributed by atoms with Crippen LogP contribution in [0.15, 0.2) is 18.3 Å². The topological polar surface area (TPSA) is 62.4 Å². The molecule has 0 spiro atoms. The van der Waals surface area contributed by atoms with Crippen LogP contribution >= 0.6 is 12.2 Å². The summed E-state index contributed by atoms with van der Waals surface area (Å²) in [6.45, 7) is 4.66. The molecule has 0 amide bonds. The van der Waals surface area contributed by atoms with Gasteiger partial charge in [-0.05, 0) is 26.0 Å². The quantitative estimate of drug-likeness (QED) is 0.748. The molecule has 0 aliphatic carbocycles. The monoisotopic (exact) mass is 239 g/mol. The van der Waals surface area contributed by atoms with Crippen LogP contribution in [0.4, 0.5) is 5.82 Å². The van der Waals surface area contributed by atoms with Gasteiger partial charge < -0.3 is 15.7 Å². The molecule has 16 heavy (non-hydrogen) atoms. The molecule has 0 unspecified atom stereocenters. The van der Waals surface area contributed by atoms with Crippen molar-refractivity contribution in [2.24, 2.45) is 5.73 Å². The molecule has 0 aromatic carbocycles. The average Bonchev–Trinajstić information content (AvgIpc) is 2.25. The number of hydrogen-bond acceptors (Lipinski definition) is 4. The zero-order chi connectivity index (χ0) is 12.1. The minimum absolute atomic E-state index is 0.0749. The van der Waals surface area contributed by atoms with Gasteiger partial charge in [0.05, 0.1) is 12.2 Å². The van der Waals surface area contributed by atoms with Gasteiger partial charge in [0.2, 0.25) is 0 Å². The molecule has 0 atom stereocenters. The summed E-state index contributed by atoms with van der Waals surface area (Å²) in [4.78, 5) is 6.59. The lowest BCUT2D eigenvalue weighted by Gasteiger charge is -2.28. The van der Waals surface area contributed by atoms with Gasteiger partial charge in [-0.15, -0.1) is 0 Å². The molecule has 1 aromatic heterocycles. The zero-order valence-electron chi connectivity index (χ0n) is 9.55. The first kappa shape index (κ1) is 12.9.